The first-order valence-electron chi connectivity index (χ1n) is 8.72. The Morgan fingerprint density at radius 3 is 2.69 bits per heavy atom. The fraction of sp³-hybridized carbons (Fsp3) is 0.368. The maximum absolute atomic E-state index is 12.8. The Bertz CT molecular complexity index is 1160. The molecule has 1 N–H and O–H groups in total. The van der Waals surface area contributed by atoms with Gasteiger partial charge in [0.05, 0.1) is 16.8 Å². The molecule has 0 atom stereocenters. The number of hydrogen-bond donors (Lipinski definition) is 1. The summed E-state index contributed by atoms with van der Waals surface area (Å²) in [4.78, 5) is 36.8. The van der Waals surface area contributed by atoms with Crippen LogP contribution in [0, 0.1) is 6.92 Å². The number of halogens is 1. The van der Waals surface area contributed by atoms with Gasteiger partial charge in [-0.25, -0.2) is 14.3 Å². The molecule has 0 fully saturated rings. The lowest BCUT2D eigenvalue weighted by Crippen LogP contribution is -2.32. The maximum Gasteiger partial charge on any atom is 0.334 e. The van der Waals surface area contributed by atoms with E-state index >= 15 is 0 Å². The number of aryl methyl sites for hydroxylation is 2. The highest BCUT2D eigenvalue weighted by atomic mass is 35.5. The SMILES string of the molecule is Cc1ccnc(C(C)C)c1-n1c(=O)[nH]c(=O)c2c3c(c(Cl)nc21)CCC3. The van der Waals surface area contributed by atoms with Crippen LogP contribution in [0.5, 0.6) is 0 Å². The first kappa shape index (κ1) is 17.0. The predicted molar refractivity (Wildman–Crippen MR) is 102 cm³/mol. The smallest absolute Gasteiger partial charge is 0.273 e. The third kappa shape index (κ3) is 2.40. The van der Waals surface area contributed by atoms with E-state index in [-0.39, 0.29) is 5.92 Å². The molecule has 0 radical (unpaired) electrons. The maximum atomic E-state index is 12.8. The van der Waals surface area contributed by atoms with Crippen molar-refractivity contribution in [3.63, 3.8) is 0 Å². The number of rotatable bonds is 2. The lowest BCUT2D eigenvalue weighted by Gasteiger charge is -2.18. The second-order valence-corrected chi connectivity index (χ2v) is 7.38. The summed E-state index contributed by atoms with van der Waals surface area (Å²) in [7, 11) is 0. The Labute approximate surface area is 154 Å². The Balaban J connectivity index is 2.22. The van der Waals surface area contributed by atoms with Gasteiger partial charge >= 0.3 is 5.69 Å². The molecule has 0 aromatic carbocycles. The number of nitrogens with zero attached hydrogens (tertiary/aromatic N) is 3. The molecule has 0 amide bonds. The first-order valence-corrected chi connectivity index (χ1v) is 9.10. The Morgan fingerprint density at radius 1 is 1.23 bits per heavy atom. The highest BCUT2D eigenvalue weighted by Crippen LogP contribution is 2.33. The highest BCUT2D eigenvalue weighted by Gasteiger charge is 2.25. The van der Waals surface area contributed by atoms with E-state index in [9.17, 15) is 9.59 Å². The van der Waals surface area contributed by atoms with E-state index in [1.807, 2.05) is 26.8 Å². The zero-order chi connectivity index (χ0) is 18.6. The molecule has 134 valence electrons. The largest absolute Gasteiger partial charge is 0.334 e. The molecule has 26 heavy (non-hydrogen) atoms. The summed E-state index contributed by atoms with van der Waals surface area (Å²) < 4.78 is 1.46. The van der Waals surface area contributed by atoms with Gasteiger partial charge in [-0.05, 0) is 54.9 Å². The van der Waals surface area contributed by atoms with Crippen molar-refractivity contribution < 1.29 is 0 Å². The molecular weight excluding hydrogens is 352 g/mol. The number of fused-ring (bicyclic) bond motifs is 3. The summed E-state index contributed by atoms with van der Waals surface area (Å²) in [6.45, 7) is 5.95. The van der Waals surface area contributed by atoms with Crippen molar-refractivity contribution in [2.45, 2.75) is 46.0 Å². The third-order valence-electron chi connectivity index (χ3n) is 4.98. The van der Waals surface area contributed by atoms with Gasteiger partial charge < -0.3 is 0 Å². The average Bonchev–Trinajstić information content (AvgIpc) is 3.05. The zero-order valence-corrected chi connectivity index (χ0v) is 15.6. The van der Waals surface area contributed by atoms with Gasteiger partial charge in [0.2, 0.25) is 0 Å². The molecule has 4 rings (SSSR count). The van der Waals surface area contributed by atoms with Crippen molar-refractivity contribution in [2.24, 2.45) is 0 Å². The third-order valence-corrected chi connectivity index (χ3v) is 5.30. The van der Waals surface area contributed by atoms with Crippen LogP contribution in [-0.2, 0) is 12.8 Å². The molecule has 1 aliphatic rings. The number of pyridine rings is 2. The van der Waals surface area contributed by atoms with E-state index in [0.717, 1.165) is 41.6 Å². The summed E-state index contributed by atoms with van der Waals surface area (Å²) in [5.74, 6) is 0.101. The number of aromatic amines is 1. The Morgan fingerprint density at radius 2 is 1.96 bits per heavy atom. The van der Waals surface area contributed by atoms with Gasteiger partial charge in [-0.3, -0.25) is 14.8 Å². The minimum atomic E-state index is -0.526. The van der Waals surface area contributed by atoms with Crippen LogP contribution in [0.3, 0.4) is 0 Å². The summed E-state index contributed by atoms with van der Waals surface area (Å²) in [5, 5.41) is 0.829. The van der Waals surface area contributed by atoms with Gasteiger partial charge in [-0.2, -0.15) is 0 Å². The summed E-state index contributed by atoms with van der Waals surface area (Å²) in [6, 6.07) is 1.85. The monoisotopic (exact) mass is 370 g/mol. The lowest BCUT2D eigenvalue weighted by atomic mass is 10.0. The zero-order valence-electron chi connectivity index (χ0n) is 14.9. The van der Waals surface area contributed by atoms with E-state index in [4.69, 9.17) is 11.6 Å². The molecular formula is C19H19ClN4O2. The van der Waals surface area contributed by atoms with Gasteiger partial charge in [0, 0.05) is 6.20 Å². The van der Waals surface area contributed by atoms with Crippen molar-refractivity contribution in [2.75, 3.05) is 0 Å². The fourth-order valence-electron chi connectivity index (χ4n) is 3.80. The molecule has 7 heteroatoms. The van der Waals surface area contributed by atoms with Crippen LogP contribution in [0.2, 0.25) is 5.15 Å². The predicted octanol–water partition coefficient (Wildman–Crippen LogP) is 3.04. The molecule has 6 nitrogen and oxygen atoms in total. The number of hydrogen-bond acceptors (Lipinski definition) is 4. The van der Waals surface area contributed by atoms with Crippen LogP contribution in [0.1, 0.15) is 48.6 Å². The van der Waals surface area contributed by atoms with Crippen LogP contribution < -0.4 is 11.2 Å². The van der Waals surface area contributed by atoms with Gasteiger partial charge in [0.25, 0.3) is 5.56 Å². The molecule has 0 saturated heterocycles. The minimum absolute atomic E-state index is 0.101. The second kappa shape index (κ2) is 6.06. The molecule has 0 unspecified atom stereocenters. The Hall–Kier alpha value is -2.47. The van der Waals surface area contributed by atoms with E-state index in [2.05, 4.69) is 15.0 Å². The molecule has 0 saturated carbocycles. The van der Waals surface area contributed by atoms with Gasteiger partial charge in [0.15, 0.2) is 5.65 Å². The molecule has 0 bridgehead atoms. The van der Waals surface area contributed by atoms with Crippen molar-refractivity contribution in [1.29, 1.82) is 0 Å². The van der Waals surface area contributed by atoms with E-state index in [1.165, 1.54) is 4.57 Å². The van der Waals surface area contributed by atoms with Crippen molar-refractivity contribution in [3.05, 3.63) is 60.6 Å². The van der Waals surface area contributed by atoms with Gasteiger partial charge in [0.1, 0.15) is 5.15 Å². The Kier molecular flexibility index (Phi) is 3.95. The standard InChI is InChI=1S/C19H19ClN4O2/c1-9(2)14-15(10(3)7-8-21-14)24-17-13(18(25)23-19(24)26)11-5-4-6-12(11)16(20)22-17/h7-9H,4-6H2,1-3H3,(H,23,25,26). The van der Waals surface area contributed by atoms with Crippen LogP contribution in [0.25, 0.3) is 16.7 Å². The summed E-state index contributed by atoms with van der Waals surface area (Å²) >= 11 is 6.40. The van der Waals surface area contributed by atoms with Crippen LogP contribution in [0.4, 0.5) is 0 Å². The number of nitrogens with one attached hydrogen (secondary N) is 1. The van der Waals surface area contributed by atoms with Gasteiger partial charge in [-0.15, -0.1) is 0 Å². The fourth-order valence-corrected chi connectivity index (χ4v) is 4.09. The van der Waals surface area contributed by atoms with Crippen LogP contribution in [0.15, 0.2) is 21.9 Å². The lowest BCUT2D eigenvalue weighted by molar-refractivity contribution is 0.788. The highest BCUT2D eigenvalue weighted by molar-refractivity contribution is 6.30. The van der Waals surface area contributed by atoms with Crippen molar-refractivity contribution in [3.8, 4) is 5.69 Å². The normalized spacial score (nSPS) is 13.6. The average molecular weight is 371 g/mol. The van der Waals surface area contributed by atoms with Crippen molar-refractivity contribution in [1.82, 2.24) is 19.5 Å². The second-order valence-electron chi connectivity index (χ2n) is 7.02. The summed E-state index contributed by atoms with van der Waals surface area (Å²) in [6.07, 6.45) is 4.22. The number of aromatic nitrogens is 4. The molecule has 3 aromatic rings. The topological polar surface area (TPSA) is 80.6 Å². The van der Waals surface area contributed by atoms with E-state index in [1.54, 1.807) is 6.20 Å². The first-order chi connectivity index (χ1) is 12.4. The number of H-pyrrole nitrogens is 1. The molecule has 3 aromatic heterocycles. The van der Waals surface area contributed by atoms with E-state index in [0.29, 0.717) is 21.9 Å². The van der Waals surface area contributed by atoms with Crippen LogP contribution in [-0.4, -0.2) is 19.5 Å². The van der Waals surface area contributed by atoms with Crippen molar-refractivity contribution >= 4 is 22.6 Å². The quantitative estimate of drug-likeness (QED) is 0.703. The van der Waals surface area contributed by atoms with E-state index < -0.39 is 11.2 Å². The minimum Gasteiger partial charge on any atom is -0.273 e. The summed E-state index contributed by atoms with van der Waals surface area (Å²) in [5.41, 5.74) is 3.52. The molecule has 0 aliphatic heterocycles. The molecule has 0 spiro atoms. The van der Waals surface area contributed by atoms with Gasteiger partial charge in [-0.1, -0.05) is 25.4 Å². The van der Waals surface area contributed by atoms with Crippen LogP contribution >= 0.6 is 11.6 Å². The molecule has 3 heterocycles. The molecule has 1 aliphatic carbocycles.